The molecule has 134 valence electrons. The molecule has 0 aromatic heterocycles. The third-order valence-electron chi connectivity index (χ3n) is 4.00. The van der Waals surface area contributed by atoms with Gasteiger partial charge in [0.1, 0.15) is 5.75 Å². The lowest BCUT2D eigenvalue weighted by Gasteiger charge is -2.11. The van der Waals surface area contributed by atoms with Gasteiger partial charge in [-0.3, -0.25) is 4.79 Å². The van der Waals surface area contributed by atoms with E-state index in [9.17, 15) is 4.79 Å². The van der Waals surface area contributed by atoms with Gasteiger partial charge in [-0.2, -0.15) is 0 Å². The number of benzene rings is 2. The fourth-order valence-electron chi connectivity index (χ4n) is 2.40. The third-order valence-corrected chi connectivity index (χ3v) is 4.00. The maximum atomic E-state index is 12.0. The van der Waals surface area contributed by atoms with Gasteiger partial charge in [0.05, 0.1) is 0 Å². The van der Waals surface area contributed by atoms with E-state index < -0.39 is 0 Å². The molecule has 4 heteroatoms. The molecule has 0 radical (unpaired) electrons. The molecule has 0 unspecified atom stereocenters. The van der Waals surface area contributed by atoms with Gasteiger partial charge in [-0.25, -0.2) is 0 Å². The van der Waals surface area contributed by atoms with E-state index >= 15 is 0 Å². The van der Waals surface area contributed by atoms with Gasteiger partial charge in [0, 0.05) is 12.2 Å². The molecule has 0 aliphatic carbocycles. The van der Waals surface area contributed by atoms with Crippen LogP contribution in [0.1, 0.15) is 30.9 Å². The lowest BCUT2D eigenvalue weighted by molar-refractivity contribution is -0.118. The molecule has 0 spiro atoms. The maximum Gasteiger partial charge on any atom is 0.262 e. The molecule has 0 bridgehead atoms. The van der Waals surface area contributed by atoms with Crippen LogP contribution in [0.5, 0.6) is 5.75 Å². The lowest BCUT2D eigenvalue weighted by atomic mass is 10.0. The van der Waals surface area contributed by atoms with Gasteiger partial charge in [-0.1, -0.05) is 38.1 Å². The molecule has 0 heterocycles. The maximum absolute atomic E-state index is 12.0. The normalized spacial score (nSPS) is 11.0. The minimum atomic E-state index is -0.158. The van der Waals surface area contributed by atoms with Crippen LogP contribution >= 0.6 is 0 Å². The molecule has 2 aromatic carbocycles. The number of anilines is 1. The Morgan fingerprint density at radius 1 is 1.04 bits per heavy atom. The number of carbonyl (C=O) groups is 1. The number of hydrogen-bond acceptors (Lipinski definition) is 3. The van der Waals surface area contributed by atoms with Gasteiger partial charge in [0.25, 0.3) is 5.91 Å². The van der Waals surface area contributed by atoms with Crippen molar-refractivity contribution in [3.63, 3.8) is 0 Å². The number of carbonyl (C=O) groups excluding carboxylic acids is 1. The average Bonchev–Trinajstić information content (AvgIpc) is 2.59. The first-order valence-electron chi connectivity index (χ1n) is 8.70. The van der Waals surface area contributed by atoms with Crippen LogP contribution in [0.4, 0.5) is 5.69 Å². The van der Waals surface area contributed by atoms with Crippen molar-refractivity contribution in [1.29, 1.82) is 0 Å². The second kappa shape index (κ2) is 9.23. The molecule has 1 amide bonds. The number of hydrogen-bond donors (Lipinski definition) is 1. The van der Waals surface area contributed by atoms with Crippen LogP contribution in [-0.4, -0.2) is 38.1 Å². The zero-order valence-corrected chi connectivity index (χ0v) is 15.6. The van der Waals surface area contributed by atoms with Gasteiger partial charge < -0.3 is 15.0 Å². The summed E-state index contributed by atoms with van der Waals surface area (Å²) in [6, 6.07) is 15.8. The van der Waals surface area contributed by atoms with Gasteiger partial charge in [0.15, 0.2) is 6.61 Å². The summed E-state index contributed by atoms with van der Waals surface area (Å²) in [6.07, 6.45) is 0.997. The minimum Gasteiger partial charge on any atom is -0.484 e. The Bertz CT molecular complexity index is 661. The predicted octanol–water partition coefficient (Wildman–Crippen LogP) is 3.93. The zero-order valence-electron chi connectivity index (χ0n) is 15.6. The monoisotopic (exact) mass is 340 g/mol. The first kappa shape index (κ1) is 19.0. The van der Waals surface area contributed by atoms with Crippen molar-refractivity contribution in [3.05, 3.63) is 59.7 Å². The molecule has 0 saturated heterocycles. The van der Waals surface area contributed by atoms with E-state index in [1.807, 2.05) is 48.5 Å². The van der Waals surface area contributed by atoms with E-state index in [-0.39, 0.29) is 12.5 Å². The number of amides is 1. The molecule has 0 fully saturated rings. The highest BCUT2D eigenvalue weighted by molar-refractivity contribution is 5.91. The van der Waals surface area contributed by atoms with E-state index in [2.05, 4.69) is 38.2 Å². The smallest absolute Gasteiger partial charge is 0.262 e. The third kappa shape index (κ3) is 6.59. The summed E-state index contributed by atoms with van der Waals surface area (Å²) in [5.41, 5.74) is 3.30. The molecular weight excluding hydrogens is 312 g/mol. The highest BCUT2D eigenvalue weighted by Crippen LogP contribution is 2.18. The summed E-state index contributed by atoms with van der Waals surface area (Å²) in [5.74, 6) is 1.03. The van der Waals surface area contributed by atoms with E-state index in [0.717, 1.165) is 18.7 Å². The number of nitrogens with zero attached hydrogens (tertiary/aromatic N) is 1. The van der Waals surface area contributed by atoms with Gasteiger partial charge in [-0.05, 0) is 61.8 Å². The standard InChI is InChI=1S/C21H28N2O2/c1-16(2)18-7-11-20(12-8-18)25-15-21(24)22-19-9-5-17(6-10-19)13-14-23(3)4/h5-12,16H,13-15H2,1-4H3,(H,22,24). The summed E-state index contributed by atoms with van der Waals surface area (Å²) in [5, 5.41) is 2.86. The van der Waals surface area contributed by atoms with Gasteiger partial charge >= 0.3 is 0 Å². The lowest BCUT2D eigenvalue weighted by Crippen LogP contribution is -2.20. The van der Waals surface area contributed by atoms with Crippen LogP contribution in [0.15, 0.2) is 48.5 Å². The van der Waals surface area contributed by atoms with Crippen LogP contribution in [0.2, 0.25) is 0 Å². The van der Waals surface area contributed by atoms with Crippen molar-refractivity contribution in [3.8, 4) is 5.75 Å². The van der Waals surface area contributed by atoms with E-state index in [0.29, 0.717) is 11.7 Å². The van der Waals surface area contributed by atoms with Crippen molar-refractivity contribution in [2.75, 3.05) is 32.6 Å². The molecular formula is C21H28N2O2. The van der Waals surface area contributed by atoms with Crippen LogP contribution in [0.25, 0.3) is 0 Å². The van der Waals surface area contributed by atoms with Crippen LogP contribution < -0.4 is 10.1 Å². The molecule has 4 nitrogen and oxygen atoms in total. The largest absolute Gasteiger partial charge is 0.484 e. The molecule has 2 aromatic rings. The van der Waals surface area contributed by atoms with Crippen molar-refractivity contribution in [2.45, 2.75) is 26.2 Å². The van der Waals surface area contributed by atoms with Crippen LogP contribution in [0.3, 0.4) is 0 Å². The van der Waals surface area contributed by atoms with Crippen LogP contribution in [-0.2, 0) is 11.2 Å². The van der Waals surface area contributed by atoms with Crippen LogP contribution in [0, 0.1) is 0 Å². The first-order valence-corrected chi connectivity index (χ1v) is 8.70. The van der Waals surface area contributed by atoms with E-state index in [1.165, 1.54) is 11.1 Å². The zero-order chi connectivity index (χ0) is 18.2. The highest BCUT2D eigenvalue weighted by Gasteiger charge is 2.05. The van der Waals surface area contributed by atoms with Crippen molar-refractivity contribution in [1.82, 2.24) is 4.90 Å². The molecule has 0 aliphatic rings. The molecule has 0 aliphatic heterocycles. The predicted molar refractivity (Wildman–Crippen MR) is 103 cm³/mol. The summed E-state index contributed by atoms with van der Waals surface area (Å²) < 4.78 is 5.55. The fraction of sp³-hybridized carbons (Fsp3) is 0.381. The Hall–Kier alpha value is -2.33. The second-order valence-corrected chi connectivity index (χ2v) is 6.81. The Labute approximate surface area is 150 Å². The first-order chi connectivity index (χ1) is 11.9. The van der Waals surface area contributed by atoms with Crippen molar-refractivity contribution >= 4 is 11.6 Å². The molecule has 0 atom stereocenters. The van der Waals surface area contributed by atoms with Gasteiger partial charge in [0.2, 0.25) is 0 Å². The topological polar surface area (TPSA) is 41.6 Å². The number of nitrogens with one attached hydrogen (secondary N) is 1. The number of ether oxygens (including phenoxy) is 1. The molecule has 0 saturated carbocycles. The fourth-order valence-corrected chi connectivity index (χ4v) is 2.40. The summed E-state index contributed by atoms with van der Waals surface area (Å²) in [6.45, 7) is 5.31. The molecule has 1 N–H and O–H groups in total. The molecule has 25 heavy (non-hydrogen) atoms. The van der Waals surface area contributed by atoms with Crippen molar-refractivity contribution < 1.29 is 9.53 Å². The average molecular weight is 340 g/mol. The van der Waals surface area contributed by atoms with Gasteiger partial charge in [-0.15, -0.1) is 0 Å². The van der Waals surface area contributed by atoms with Crippen molar-refractivity contribution in [2.24, 2.45) is 0 Å². The Morgan fingerprint density at radius 2 is 1.68 bits per heavy atom. The second-order valence-electron chi connectivity index (χ2n) is 6.81. The Morgan fingerprint density at radius 3 is 2.24 bits per heavy atom. The van der Waals surface area contributed by atoms with E-state index in [4.69, 9.17) is 4.74 Å². The number of rotatable bonds is 8. The quantitative estimate of drug-likeness (QED) is 0.791. The molecule has 2 rings (SSSR count). The summed E-state index contributed by atoms with van der Waals surface area (Å²) >= 11 is 0. The Kier molecular flexibility index (Phi) is 7.02. The van der Waals surface area contributed by atoms with E-state index in [1.54, 1.807) is 0 Å². The minimum absolute atomic E-state index is 0.00338. The SMILES string of the molecule is CC(C)c1ccc(OCC(=O)Nc2ccc(CCN(C)C)cc2)cc1. The number of likely N-dealkylation sites (N-methyl/N-ethyl adjacent to an activating group) is 1. The highest BCUT2D eigenvalue weighted by atomic mass is 16.5. The summed E-state index contributed by atoms with van der Waals surface area (Å²) in [4.78, 5) is 14.2. The Balaban J connectivity index is 1.79. The summed E-state index contributed by atoms with van der Waals surface area (Å²) in [7, 11) is 4.12.